The maximum atomic E-state index is 2.43. The van der Waals surface area contributed by atoms with Crippen molar-refractivity contribution in [2.24, 2.45) is 0 Å². The van der Waals surface area contributed by atoms with Gasteiger partial charge in [-0.2, -0.15) is 0 Å². The molecule has 0 unspecified atom stereocenters. The van der Waals surface area contributed by atoms with Crippen molar-refractivity contribution in [2.75, 3.05) is 0 Å². The third-order valence-electron chi connectivity index (χ3n) is 6.89. The van der Waals surface area contributed by atoms with Crippen molar-refractivity contribution in [3.8, 4) is 22.3 Å². The molecule has 0 heteroatoms. The van der Waals surface area contributed by atoms with Gasteiger partial charge in [-0.1, -0.05) is 120 Å². The van der Waals surface area contributed by atoms with Crippen LogP contribution in [0.1, 0.15) is 35.1 Å². The molecular weight excluding hydrogens is 384 g/mol. The van der Waals surface area contributed by atoms with Crippen LogP contribution in [0.2, 0.25) is 0 Å². The molecule has 0 bridgehead atoms. The standard InChI is InChI=1S/C32H26/c1-3-9-25(10-4-1)29-15-7-13-27-19-23(21-31(27)29)17-18-24-20-28-14-8-16-30(32(28)22-24)26-11-5-2-6-12-26/h1-16,19-20H,17-18,21-22H2. The topological polar surface area (TPSA) is 0 Å². The van der Waals surface area contributed by atoms with Crippen molar-refractivity contribution >= 4 is 12.2 Å². The fourth-order valence-electron chi connectivity index (χ4n) is 5.29. The largest absolute Gasteiger partial charge is 0.0649 e. The van der Waals surface area contributed by atoms with E-state index in [0.29, 0.717) is 0 Å². The summed E-state index contributed by atoms with van der Waals surface area (Å²) in [6.07, 6.45) is 9.30. The zero-order chi connectivity index (χ0) is 21.3. The molecule has 0 saturated carbocycles. The molecule has 0 atom stereocenters. The van der Waals surface area contributed by atoms with Gasteiger partial charge in [0.25, 0.3) is 0 Å². The van der Waals surface area contributed by atoms with Gasteiger partial charge < -0.3 is 0 Å². The molecular formula is C32H26. The molecule has 154 valence electrons. The SMILES string of the molecule is C1=C(CCC2=Cc3cccc(-c4ccccc4)c3C2)Cc2c1cccc2-c1ccccc1. The van der Waals surface area contributed by atoms with Gasteiger partial charge in [-0.25, -0.2) is 0 Å². The van der Waals surface area contributed by atoms with Gasteiger partial charge in [0.2, 0.25) is 0 Å². The van der Waals surface area contributed by atoms with Gasteiger partial charge in [0.1, 0.15) is 0 Å². The number of hydrogen-bond donors (Lipinski definition) is 0. The summed E-state index contributed by atoms with van der Waals surface area (Å²) < 4.78 is 0. The number of hydrogen-bond acceptors (Lipinski definition) is 0. The highest BCUT2D eigenvalue weighted by molar-refractivity contribution is 5.78. The Morgan fingerprint density at radius 2 is 0.875 bits per heavy atom. The zero-order valence-electron chi connectivity index (χ0n) is 18.2. The van der Waals surface area contributed by atoms with E-state index in [2.05, 4.69) is 109 Å². The lowest BCUT2D eigenvalue weighted by Gasteiger charge is -2.10. The normalized spacial score (nSPS) is 14.0. The predicted molar refractivity (Wildman–Crippen MR) is 136 cm³/mol. The maximum Gasteiger partial charge on any atom is -0.00515 e. The molecule has 0 saturated heterocycles. The summed E-state index contributed by atoms with van der Waals surface area (Å²) in [4.78, 5) is 0. The van der Waals surface area contributed by atoms with E-state index < -0.39 is 0 Å². The Labute approximate surface area is 190 Å². The van der Waals surface area contributed by atoms with E-state index in [1.807, 2.05) is 0 Å². The van der Waals surface area contributed by atoms with Gasteiger partial charge >= 0.3 is 0 Å². The molecule has 0 spiro atoms. The van der Waals surface area contributed by atoms with Crippen LogP contribution in [0.5, 0.6) is 0 Å². The quantitative estimate of drug-likeness (QED) is 0.310. The summed E-state index contributed by atoms with van der Waals surface area (Å²) in [5, 5.41) is 0. The van der Waals surface area contributed by atoms with Crippen molar-refractivity contribution in [1.29, 1.82) is 0 Å². The number of rotatable bonds is 5. The minimum atomic E-state index is 1.08. The highest BCUT2D eigenvalue weighted by Crippen LogP contribution is 2.38. The minimum Gasteiger partial charge on any atom is -0.0649 e. The van der Waals surface area contributed by atoms with Crippen molar-refractivity contribution in [3.63, 3.8) is 0 Å². The Balaban J connectivity index is 1.17. The molecule has 0 nitrogen and oxygen atoms in total. The predicted octanol–water partition coefficient (Wildman–Crippen LogP) is 8.38. The average Bonchev–Trinajstić information content (AvgIpc) is 3.47. The van der Waals surface area contributed by atoms with Crippen molar-refractivity contribution < 1.29 is 0 Å². The van der Waals surface area contributed by atoms with E-state index in [1.54, 1.807) is 11.1 Å². The molecule has 6 rings (SSSR count). The number of allylic oxidation sites excluding steroid dienone is 2. The second-order valence-corrected chi connectivity index (χ2v) is 8.94. The van der Waals surface area contributed by atoms with Gasteiger partial charge in [-0.15, -0.1) is 0 Å². The van der Waals surface area contributed by atoms with E-state index in [0.717, 1.165) is 25.7 Å². The Bertz CT molecular complexity index is 1230. The molecule has 0 amide bonds. The molecule has 32 heavy (non-hydrogen) atoms. The third-order valence-corrected chi connectivity index (χ3v) is 6.89. The molecule has 0 N–H and O–H groups in total. The highest BCUT2D eigenvalue weighted by Gasteiger charge is 2.20. The van der Waals surface area contributed by atoms with Gasteiger partial charge in [0.05, 0.1) is 0 Å². The highest BCUT2D eigenvalue weighted by atomic mass is 14.2. The first-order chi connectivity index (χ1) is 15.8. The lowest BCUT2D eigenvalue weighted by Crippen LogP contribution is -1.93. The molecule has 0 aromatic heterocycles. The van der Waals surface area contributed by atoms with Gasteiger partial charge in [-0.3, -0.25) is 0 Å². The first-order valence-electron chi connectivity index (χ1n) is 11.6. The summed E-state index contributed by atoms with van der Waals surface area (Å²) in [5.41, 5.74) is 14.3. The Hall–Kier alpha value is -3.64. The molecule has 0 heterocycles. The first kappa shape index (κ1) is 19.1. The van der Waals surface area contributed by atoms with Crippen LogP contribution in [0.3, 0.4) is 0 Å². The lowest BCUT2D eigenvalue weighted by molar-refractivity contribution is 0.887. The van der Waals surface area contributed by atoms with Crippen LogP contribution in [0.4, 0.5) is 0 Å². The Morgan fingerprint density at radius 3 is 1.31 bits per heavy atom. The summed E-state index contributed by atoms with van der Waals surface area (Å²) in [6, 6.07) is 35.1. The smallest absolute Gasteiger partial charge is 0.00515 e. The van der Waals surface area contributed by atoms with Gasteiger partial charge in [-0.05, 0) is 70.2 Å². The van der Waals surface area contributed by atoms with Gasteiger partial charge in [0, 0.05) is 0 Å². The number of benzene rings is 4. The van der Waals surface area contributed by atoms with Crippen LogP contribution < -0.4 is 0 Å². The molecule has 2 aliphatic carbocycles. The third kappa shape index (κ3) is 3.52. The molecule has 0 fully saturated rings. The summed E-state index contributed by atoms with van der Waals surface area (Å²) in [5.74, 6) is 0. The van der Waals surface area contributed by atoms with Crippen LogP contribution in [0, 0.1) is 0 Å². The van der Waals surface area contributed by atoms with Crippen LogP contribution in [0.25, 0.3) is 34.4 Å². The summed E-state index contributed by atoms with van der Waals surface area (Å²) in [6.45, 7) is 0. The van der Waals surface area contributed by atoms with Crippen molar-refractivity contribution in [2.45, 2.75) is 25.7 Å². The molecule has 2 aliphatic rings. The fourth-order valence-corrected chi connectivity index (χ4v) is 5.29. The van der Waals surface area contributed by atoms with E-state index in [9.17, 15) is 0 Å². The van der Waals surface area contributed by atoms with E-state index in [1.165, 1.54) is 44.5 Å². The summed E-state index contributed by atoms with van der Waals surface area (Å²) >= 11 is 0. The van der Waals surface area contributed by atoms with E-state index in [4.69, 9.17) is 0 Å². The van der Waals surface area contributed by atoms with Crippen LogP contribution in [-0.4, -0.2) is 0 Å². The molecule has 4 aromatic carbocycles. The molecule has 0 aliphatic heterocycles. The fraction of sp³-hybridized carbons (Fsp3) is 0.125. The Morgan fingerprint density at radius 1 is 0.438 bits per heavy atom. The van der Waals surface area contributed by atoms with Crippen LogP contribution in [-0.2, 0) is 12.8 Å². The lowest BCUT2D eigenvalue weighted by atomic mass is 9.94. The van der Waals surface area contributed by atoms with Crippen molar-refractivity contribution in [3.05, 3.63) is 130 Å². The monoisotopic (exact) mass is 410 g/mol. The van der Waals surface area contributed by atoms with Crippen molar-refractivity contribution in [1.82, 2.24) is 0 Å². The van der Waals surface area contributed by atoms with E-state index >= 15 is 0 Å². The average molecular weight is 411 g/mol. The van der Waals surface area contributed by atoms with Crippen LogP contribution >= 0.6 is 0 Å². The molecule has 0 radical (unpaired) electrons. The van der Waals surface area contributed by atoms with Crippen LogP contribution in [0.15, 0.2) is 108 Å². The minimum absolute atomic E-state index is 1.08. The molecule has 4 aromatic rings. The summed E-state index contributed by atoms with van der Waals surface area (Å²) in [7, 11) is 0. The Kier molecular flexibility index (Phi) is 4.85. The van der Waals surface area contributed by atoms with E-state index in [-0.39, 0.29) is 0 Å². The number of fused-ring (bicyclic) bond motifs is 2. The first-order valence-corrected chi connectivity index (χ1v) is 11.6. The maximum absolute atomic E-state index is 2.43. The second kappa shape index (κ2) is 8.13. The zero-order valence-corrected chi connectivity index (χ0v) is 18.2. The second-order valence-electron chi connectivity index (χ2n) is 8.94. The van der Waals surface area contributed by atoms with Gasteiger partial charge in [0.15, 0.2) is 0 Å².